The Morgan fingerprint density at radius 2 is 1.63 bits per heavy atom. The van der Waals surface area contributed by atoms with Crippen molar-refractivity contribution in [2.75, 3.05) is 13.2 Å². The lowest BCUT2D eigenvalue weighted by Gasteiger charge is -2.30. The Balaban J connectivity index is 0.000000244. The number of carbonyl (C=O) groups excluding carboxylic acids is 3. The van der Waals surface area contributed by atoms with Crippen LogP contribution in [0.15, 0.2) is 0 Å². The van der Waals surface area contributed by atoms with Gasteiger partial charge < -0.3 is 9.64 Å². The SMILES string of the molecule is CC(C)(C)C(=O)[C@@H]1CCCN1C(=O)[C@H]1CCCO1.CC(C)C(=O)C1CCC1. The van der Waals surface area contributed by atoms with Crippen LogP contribution in [-0.2, 0) is 19.1 Å². The van der Waals surface area contributed by atoms with E-state index in [-0.39, 0.29) is 35.2 Å². The molecule has 0 unspecified atom stereocenters. The van der Waals surface area contributed by atoms with Crippen LogP contribution >= 0.6 is 0 Å². The fraction of sp³-hybridized carbons (Fsp3) is 0.864. The Hall–Kier alpha value is -1.23. The van der Waals surface area contributed by atoms with Crippen molar-refractivity contribution < 1.29 is 19.1 Å². The van der Waals surface area contributed by atoms with Gasteiger partial charge in [0.15, 0.2) is 5.78 Å². The zero-order chi connectivity index (χ0) is 20.2. The fourth-order valence-corrected chi connectivity index (χ4v) is 3.92. The topological polar surface area (TPSA) is 63.7 Å². The molecular weight excluding hydrogens is 342 g/mol. The van der Waals surface area contributed by atoms with Crippen LogP contribution in [0.2, 0.25) is 0 Å². The molecule has 0 N–H and O–H groups in total. The van der Waals surface area contributed by atoms with Gasteiger partial charge in [0.25, 0.3) is 5.91 Å². The van der Waals surface area contributed by atoms with Crippen molar-refractivity contribution in [3.8, 4) is 0 Å². The van der Waals surface area contributed by atoms with E-state index in [2.05, 4.69) is 0 Å². The van der Waals surface area contributed by atoms with Crippen LogP contribution in [0.5, 0.6) is 0 Å². The summed E-state index contributed by atoms with van der Waals surface area (Å²) in [7, 11) is 0. The molecule has 1 aliphatic carbocycles. The Bertz CT molecular complexity index is 539. The standard InChI is InChI=1S/C14H23NO3.C8H14O/c1-14(2,3)12(16)10-6-4-8-15(10)13(17)11-7-5-9-18-11;1-6(2)8(9)7-4-3-5-7/h10-11H,4-9H2,1-3H3;6-7H,3-5H2,1-2H3/t10-,11+;/m0./s1. The predicted molar refractivity (Wildman–Crippen MR) is 105 cm³/mol. The molecular formula is C22H37NO4. The number of ketones is 2. The number of rotatable bonds is 4. The van der Waals surface area contributed by atoms with Gasteiger partial charge >= 0.3 is 0 Å². The first-order valence-corrected chi connectivity index (χ1v) is 10.6. The first kappa shape index (κ1) is 22.1. The molecule has 5 heteroatoms. The second kappa shape index (κ2) is 9.31. The predicted octanol–water partition coefficient (Wildman–Crippen LogP) is 3.78. The number of hydrogen-bond acceptors (Lipinski definition) is 4. The van der Waals surface area contributed by atoms with Gasteiger partial charge in [-0.2, -0.15) is 0 Å². The van der Waals surface area contributed by atoms with E-state index in [0.29, 0.717) is 24.9 Å². The van der Waals surface area contributed by atoms with Crippen molar-refractivity contribution in [2.45, 2.75) is 91.7 Å². The van der Waals surface area contributed by atoms with Crippen LogP contribution in [0, 0.1) is 17.3 Å². The highest BCUT2D eigenvalue weighted by Crippen LogP contribution is 2.29. The number of nitrogens with zero attached hydrogens (tertiary/aromatic N) is 1. The molecule has 3 fully saturated rings. The lowest BCUT2D eigenvalue weighted by atomic mass is 9.79. The first-order chi connectivity index (χ1) is 12.6. The third-order valence-corrected chi connectivity index (χ3v) is 5.86. The molecule has 5 nitrogen and oxygen atoms in total. The van der Waals surface area contributed by atoms with Crippen LogP contribution in [0.4, 0.5) is 0 Å². The maximum atomic E-state index is 12.4. The molecule has 2 atom stereocenters. The molecule has 27 heavy (non-hydrogen) atoms. The summed E-state index contributed by atoms with van der Waals surface area (Å²) in [5.74, 6) is 1.36. The van der Waals surface area contributed by atoms with Crippen molar-refractivity contribution in [3.05, 3.63) is 0 Å². The lowest BCUT2D eigenvalue weighted by Crippen LogP contribution is -2.48. The molecule has 3 rings (SSSR count). The monoisotopic (exact) mass is 379 g/mol. The average Bonchev–Trinajstić information content (AvgIpc) is 3.23. The number of Topliss-reactive ketones (excluding diaryl/α,β-unsaturated/α-hetero) is 2. The van der Waals surface area contributed by atoms with Crippen molar-refractivity contribution in [3.63, 3.8) is 0 Å². The van der Waals surface area contributed by atoms with Gasteiger partial charge in [0, 0.05) is 30.4 Å². The zero-order valence-corrected chi connectivity index (χ0v) is 17.8. The van der Waals surface area contributed by atoms with Gasteiger partial charge in [-0.15, -0.1) is 0 Å². The number of ether oxygens (including phenoxy) is 1. The molecule has 2 heterocycles. The molecule has 154 valence electrons. The van der Waals surface area contributed by atoms with Gasteiger partial charge in [0.1, 0.15) is 11.9 Å². The Labute approximate surface area is 164 Å². The van der Waals surface area contributed by atoms with E-state index >= 15 is 0 Å². The minimum Gasteiger partial charge on any atom is -0.368 e. The molecule has 1 saturated carbocycles. The fourth-order valence-electron chi connectivity index (χ4n) is 3.92. The largest absolute Gasteiger partial charge is 0.368 e. The Morgan fingerprint density at radius 1 is 0.963 bits per heavy atom. The van der Waals surface area contributed by atoms with E-state index in [1.165, 1.54) is 6.42 Å². The van der Waals surface area contributed by atoms with E-state index in [1.807, 2.05) is 34.6 Å². The minimum atomic E-state index is -0.385. The van der Waals surface area contributed by atoms with E-state index < -0.39 is 0 Å². The van der Waals surface area contributed by atoms with Gasteiger partial charge in [-0.05, 0) is 38.5 Å². The summed E-state index contributed by atoms with van der Waals surface area (Å²) in [6.45, 7) is 11.1. The van der Waals surface area contributed by atoms with Gasteiger partial charge in [-0.3, -0.25) is 14.4 Å². The highest BCUT2D eigenvalue weighted by atomic mass is 16.5. The lowest BCUT2D eigenvalue weighted by molar-refractivity contribution is -0.147. The second-order valence-corrected chi connectivity index (χ2v) is 9.49. The molecule has 0 aromatic heterocycles. The third-order valence-electron chi connectivity index (χ3n) is 5.86. The highest BCUT2D eigenvalue weighted by Gasteiger charge is 2.41. The van der Waals surface area contributed by atoms with Gasteiger partial charge in [0.05, 0.1) is 6.04 Å². The summed E-state index contributed by atoms with van der Waals surface area (Å²) in [6.07, 6.45) is 6.73. The zero-order valence-electron chi connectivity index (χ0n) is 17.8. The third kappa shape index (κ3) is 5.63. The van der Waals surface area contributed by atoms with Crippen molar-refractivity contribution >= 4 is 17.5 Å². The van der Waals surface area contributed by atoms with Gasteiger partial charge in [0.2, 0.25) is 0 Å². The van der Waals surface area contributed by atoms with Crippen LogP contribution < -0.4 is 0 Å². The summed E-state index contributed by atoms with van der Waals surface area (Å²) in [5, 5.41) is 0. The van der Waals surface area contributed by atoms with Crippen molar-refractivity contribution in [1.29, 1.82) is 0 Å². The average molecular weight is 380 g/mol. The molecule has 2 aliphatic heterocycles. The van der Waals surface area contributed by atoms with Gasteiger partial charge in [-0.1, -0.05) is 41.0 Å². The quantitative estimate of drug-likeness (QED) is 0.746. The smallest absolute Gasteiger partial charge is 0.252 e. The van der Waals surface area contributed by atoms with Gasteiger partial charge in [-0.25, -0.2) is 0 Å². The van der Waals surface area contributed by atoms with Crippen LogP contribution in [0.3, 0.4) is 0 Å². The van der Waals surface area contributed by atoms with Crippen molar-refractivity contribution in [2.24, 2.45) is 17.3 Å². The number of amides is 1. The Kier molecular flexibility index (Phi) is 7.61. The molecule has 0 aromatic rings. The minimum absolute atomic E-state index is 0.0209. The van der Waals surface area contributed by atoms with E-state index in [1.54, 1.807) is 4.90 Å². The van der Waals surface area contributed by atoms with E-state index in [0.717, 1.165) is 38.5 Å². The summed E-state index contributed by atoms with van der Waals surface area (Å²) in [5.41, 5.74) is -0.385. The summed E-state index contributed by atoms with van der Waals surface area (Å²) in [6, 6.07) is -0.235. The molecule has 0 bridgehead atoms. The molecule has 3 aliphatic rings. The second-order valence-electron chi connectivity index (χ2n) is 9.49. The summed E-state index contributed by atoms with van der Waals surface area (Å²) < 4.78 is 5.44. The number of hydrogen-bond donors (Lipinski definition) is 0. The highest BCUT2D eigenvalue weighted by molar-refractivity contribution is 5.94. The van der Waals surface area contributed by atoms with Crippen LogP contribution in [0.1, 0.15) is 79.6 Å². The van der Waals surface area contributed by atoms with Crippen molar-refractivity contribution in [1.82, 2.24) is 4.90 Å². The number of likely N-dealkylation sites (tertiary alicyclic amines) is 1. The van der Waals surface area contributed by atoms with Crippen LogP contribution in [-0.4, -0.2) is 47.7 Å². The molecule has 0 spiro atoms. The number of carbonyl (C=O) groups is 3. The normalized spacial score (nSPS) is 25.8. The molecule has 0 aromatic carbocycles. The summed E-state index contributed by atoms with van der Waals surface area (Å²) in [4.78, 5) is 37.6. The van der Waals surface area contributed by atoms with E-state index in [4.69, 9.17) is 4.74 Å². The maximum absolute atomic E-state index is 12.4. The maximum Gasteiger partial charge on any atom is 0.252 e. The first-order valence-electron chi connectivity index (χ1n) is 10.6. The molecule has 2 saturated heterocycles. The summed E-state index contributed by atoms with van der Waals surface area (Å²) >= 11 is 0. The van der Waals surface area contributed by atoms with Crippen LogP contribution in [0.25, 0.3) is 0 Å². The molecule has 1 amide bonds. The molecule has 0 radical (unpaired) electrons. The van der Waals surface area contributed by atoms with E-state index in [9.17, 15) is 14.4 Å². The Morgan fingerprint density at radius 3 is 2.04 bits per heavy atom.